The number of aromatic nitrogens is 2. The fraction of sp³-hybridized carbons (Fsp3) is 0.789. The van der Waals surface area contributed by atoms with Gasteiger partial charge in [0.25, 0.3) is 5.91 Å². The Morgan fingerprint density at radius 1 is 1.25 bits per heavy atom. The molecule has 134 valence electrons. The van der Waals surface area contributed by atoms with Crippen molar-refractivity contribution in [3.63, 3.8) is 0 Å². The third kappa shape index (κ3) is 4.18. The van der Waals surface area contributed by atoms with Crippen LogP contribution in [0.4, 0.5) is 0 Å². The van der Waals surface area contributed by atoms with Crippen LogP contribution in [0.25, 0.3) is 0 Å². The summed E-state index contributed by atoms with van der Waals surface area (Å²) in [5.41, 5.74) is 1.71. The zero-order chi connectivity index (χ0) is 17.3. The van der Waals surface area contributed by atoms with Gasteiger partial charge in [0.2, 0.25) is 0 Å². The van der Waals surface area contributed by atoms with Crippen molar-refractivity contribution in [1.82, 2.24) is 20.0 Å². The summed E-state index contributed by atoms with van der Waals surface area (Å²) in [4.78, 5) is 14.9. The molecule has 1 aliphatic heterocycles. The number of likely N-dealkylation sites (tertiary alicyclic amines) is 1. The van der Waals surface area contributed by atoms with E-state index < -0.39 is 0 Å². The van der Waals surface area contributed by atoms with E-state index in [1.807, 2.05) is 10.7 Å². The van der Waals surface area contributed by atoms with E-state index in [4.69, 9.17) is 0 Å². The summed E-state index contributed by atoms with van der Waals surface area (Å²) in [6.45, 7) is 12.7. The lowest BCUT2D eigenvalue weighted by Crippen LogP contribution is -2.39. The smallest absolute Gasteiger partial charge is 0.271 e. The lowest BCUT2D eigenvalue weighted by molar-refractivity contribution is 0.0938. The predicted molar refractivity (Wildman–Crippen MR) is 96.4 cm³/mol. The molecule has 1 N–H and O–H groups in total. The van der Waals surface area contributed by atoms with Crippen LogP contribution in [-0.2, 0) is 5.54 Å². The van der Waals surface area contributed by atoms with Gasteiger partial charge in [-0.25, -0.2) is 0 Å². The molecule has 2 aliphatic rings. The van der Waals surface area contributed by atoms with E-state index in [9.17, 15) is 4.79 Å². The van der Waals surface area contributed by atoms with Crippen molar-refractivity contribution < 1.29 is 4.79 Å². The van der Waals surface area contributed by atoms with Gasteiger partial charge in [0.1, 0.15) is 5.69 Å². The van der Waals surface area contributed by atoms with Crippen molar-refractivity contribution in [3.8, 4) is 0 Å². The molecule has 0 spiro atoms. The largest absolute Gasteiger partial charge is 0.349 e. The van der Waals surface area contributed by atoms with Crippen LogP contribution in [0, 0.1) is 5.92 Å². The van der Waals surface area contributed by atoms with Crippen molar-refractivity contribution in [2.45, 2.75) is 64.8 Å². The Hall–Kier alpha value is -1.36. The van der Waals surface area contributed by atoms with Crippen molar-refractivity contribution in [2.24, 2.45) is 5.92 Å². The molecule has 2 heterocycles. The molecule has 1 amide bonds. The van der Waals surface area contributed by atoms with Gasteiger partial charge < -0.3 is 10.2 Å². The third-order valence-corrected chi connectivity index (χ3v) is 5.19. The summed E-state index contributed by atoms with van der Waals surface area (Å²) >= 11 is 0. The number of hydrogen-bond donors (Lipinski definition) is 1. The Labute approximate surface area is 145 Å². The van der Waals surface area contributed by atoms with E-state index in [1.54, 1.807) is 0 Å². The molecule has 0 aromatic carbocycles. The second kappa shape index (κ2) is 6.87. The van der Waals surface area contributed by atoms with Crippen molar-refractivity contribution >= 4 is 5.91 Å². The van der Waals surface area contributed by atoms with Gasteiger partial charge >= 0.3 is 0 Å². The molecule has 24 heavy (non-hydrogen) atoms. The van der Waals surface area contributed by atoms with Gasteiger partial charge in [0.15, 0.2) is 0 Å². The maximum Gasteiger partial charge on any atom is 0.271 e. The first-order chi connectivity index (χ1) is 11.3. The maximum absolute atomic E-state index is 12.5. The number of rotatable bonds is 5. The second-order valence-electron chi connectivity index (χ2n) is 8.59. The highest BCUT2D eigenvalue weighted by Crippen LogP contribution is 2.41. The molecular weight excluding hydrogens is 300 g/mol. The van der Waals surface area contributed by atoms with Crippen LogP contribution < -0.4 is 5.32 Å². The SMILES string of the molecule is CC1CCN(CCNC(=O)c2cc(C3CC3)n(C(C)(C)C)n2)CC1. The van der Waals surface area contributed by atoms with Crippen LogP contribution in [0.5, 0.6) is 0 Å². The van der Waals surface area contributed by atoms with Gasteiger partial charge in [-0.15, -0.1) is 0 Å². The first kappa shape index (κ1) is 17.5. The Balaban J connectivity index is 1.55. The van der Waals surface area contributed by atoms with Crippen LogP contribution in [0.3, 0.4) is 0 Å². The minimum absolute atomic E-state index is 0.0368. The summed E-state index contributed by atoms with van der Waals surface area (Å²) in [6, 6.07) is 2.00. The summed E-state index contributed by atoms with van der Waals surface area (Å²) in [7, 11) is 0. The molecule has 1 aromatic heterocycles. The zero-order valence-corrected chi connectivity index (χ0v) is 15.6. The Morgan fingerprint density at radius 2 is 1.92 bits per heavy atom. The average Bonchev–Trinajstić information content (AvgIpc) is 3.26. The summed E-state index contributed by atoms with van der Waals surface area (Å²) in [6.07, 6.45) is 4.98. The number of nitrogens with one attached hydrogen (secondary N) is 1. The third-order valence-electron chi connectivity index (χ3n) is 5.19. The second-order valence-corrected chi connectivity index (χ2v) is 8.59. The molecule has 1 saturated heterocycles. The van der Waals surface area contributed by atoms with E-state index in [1.165, 1.54) is 31.4 Å². The minimum Gasteiger partial charge on any atom is -0.349 e. The molecule has 1 aliphatic carbocycles. The molecule has 0 atom stereocenters. The first-order valence-corrected chi connectivity index (χ1v) is 9.45. The summed E-state index contributed by atoms with van der Waals surface area (Å²) in [5.74, 6) is 1.40. The summed E-state index contributed by atoms with van der Waals surface area (Å²) < 4.78 is 2.05. The molecule has 0 unspecified atom stereocenters. The first-order valence-electron chi connectivity index (χ1n) is 9.45. The Bertz CT molecular complexity index is 575. The van der Waals surface area contributed by atoms with Gasteiger partial charge in [0, 0.05) is 24.7 Å². The van der Waals surface area contributed by atoms with Crippen LogP contribution in [0.15, 0.2) is 6.07 Å². The van der Waals surface area contributed by atoms with Gasteiger partial charge in [0.05, 0.1) is 5.54 Å². The molecule has 3 rings (SSSR count). The molecule has 0 bridgehead atoms. The fourth-order valence-electron chi connectivity index (χ4n) is 3.42. The van der Waals surface area contributed by atoms with Crippen molar-refractivity contribution in [3.05, 3.63) is 17.5 Å². The van der Waals surface area contributed by atoms with E-state index in [-0.39, 0.29) is 11.4 Å². The minimum atomic E-state index is -0.0824. The maximum atomic E-state index is 12.5. The number of carbonyl (C=O) groups excluding carboxylic acids is 1. The average molecular weight is 332 g/mol. The molecule has 2 fully saturated rings. The van der Waals surface area contributed by atoms with Gasteiger partial charge in [-0.1, -0.05) is 6.92 Å². The Kier molecular flexibility index (Phi) is 5.00. The van der Waals surface area contributed by atoms with Crippen molar-refractivity contribution in [1.29, 1.82) is 0 Å². The van der Waals surface area contributed by atoms with Gasteiger partial charge in [-0.2, -0.15) is 5.10 Å². The van der Waals surface area contributed by atoms with Crippen LogP contribution >= 0.6 is 0 Å². The van der Waals surface area contributed by atoms with E-state index in [0.29, 0.717) is 18.2 Å². The molecule has 1 aromatic rings. The van der Waals surface area contributed by atoms with E-state index in [2.05, 4.69) is 43.0 Å². The monoisotopic (exact) mass is 332 g/mol. The van der Waals surface area contributed by atoms with Crippen LogP contribution in [0.2, 0.25) is 0 Å². The lowest BCUT2D eigenvalue weighted by Gasteiger charge is -2.30. The standard InChI is InChI=1S/C19H32N4O/c1-14-7-10-22(11-8-14)12-9-20-18(24)16-13-17(15-5-6-15)23(21-16)19(2,3)4/h13-15H,5-12H2,1-4H3,(H,20,24). The van der Waals surface area contributed by atoms with Crippen LogP contribution in [0.1, 0.15) is 75.5 Å². The highest BCUT2D eigenvalue weighted by molar-refractivity contribution is 5.92. The number of nitrogens with zero attached hydrogens (tertiary/aromatic N) is 3. The lowest BCUT2D eigenvalue weighted by atomic mass is 9.99. The Morgan fingerprint density at radius 3 is 2.50 bits per heavy atom. The fourth-order valence-corrected chi connectivity index (χ4v) is 3.42. The summed E-state index contributed by atoms with van der Waals surface area (Å²) in [5, 5.41) is 7.66. The van der Waals surface area contributed by atoms with E-state index in [0.717, 1.165) is 25.6 Å². The van der Waals surface area contributed by atoms with Gasteiger partial charge in [-0.05, 0) is 71.5 Å². The highest BCUT2D eigenvalue weighted by Gasteiger charge is 2.32. The molecule has 5 nitrogen and oxygen atoms in total. The predicted octanol–water partition coefficient (Wildman–Crippen LogP) is 2.98. The number of amides is 1. The van der Waals surface area contributed by atoms with E-state index >= 15 is 0 Å². The number of carbonyl (C=O) groups is 1. The van der Waals surface area contributed by atoms with Gasteiger partial charge in [-0.3, -0.25) is 9.48 Å². The number of piperidine rings is 1. The normalized spacial score (nSPS) is 20.3. The quantitative estimate of drug-likeness (QED) is 0.902. The highest BCUT2D eigenvalue weighted by atomic mass is 16.1. The molecule has 1 saturated carbocycles. The molecule has 0 radical (unpaired) electrons. The zero-order valence-electron chi connectivity index (χ0n) is 15.6. The van der Waals surface area contributed by atoms with Crippen LogP contribution in [-0.4, -0.2) is 46.8 Å². The molecular formula is C19H32N4O. The molecule has 5 heteroatoms. The van der Waals surface area contributed by atoms with Crippen molar-refractivity contribution in [2.75, 3.05) is 26.2 Å². The topological polar surface area (TPSA) is 50.2 Å². The number of hydrogen-bond acceptors (Lipinski definition) is 3.